The number of rotatable bonds is 12. The number of carbonyl (C=O) groups is 1. The second-order valence-corrected chi connectivity index (χ2v) is 37.6. The van der Waals surface area contributed by atoms with Crippen molar-refractivity contribution in [3.8, 4) is 158 Å². The first-order valence-corrected chi connectivity index (χ1v) is 50.0. The van der Waals surface area contributed by atoms with E-state index in [-0.39, 0.29) is 11.2 Å². The number of benzene rings is 22. The van der Waals surface area contributed by atoms with Crippen molar-refractivity contribution in [2.75, 3.05) is 0 Å². The molecule has 0 atom stereocenters. The van der Waals surface area contributed by atoms with Gasteiger partial charge in [-0.3, -0.25) is 4.79 Å². The summed E-state index contributed by atoms with van der Waals surface area (Å²) >= 11 is 0. The monoisotopic (exact) mass is 1860 g/mol. The highest BCUT2D eigenvalue weighted by molar-refractivity contribution is 6.59. The van der Waals surface area contributed by atoms with Crippen LogP contribution in [0.4, 0.5) is 0 Å². The first kappa shape index (κ1) is 90.9. The van der Waals surface area contributed by atoms with Crippen LogP contribution in [-0.4, -0.2) is 5.78 Å². The molecule has 0 aromatic heterocycles. The fourth-order valence-electron chi connectivity index (χ4n) is 23.1. The standard InChI is InChI=1S/2C30H22.C29H20O.C29H16.C27H20/c2*1-5-13-23(14-6-1)27-21-22-28(24-15-7-2-8-16-24)30(26-19-11-4-12-20-26)29(27)25-17-9-3-10-18-25;30-29-27(23-17-9-3-10-18-23)25(21-13-5-1-6-14-21)26(22-15-7-2-8-16-22)28(29)24-19-11-4-12-20-24;1-3-19-13-15-23-24-16-14-20(4-2)18-28(24)29(27(23)17-19)25-11-7-5-9-21(25)22-10-6-8-12-26(22)29;1-17-11-13-21-22-14-12-18(2)16-26(22)27(25(21)15-17)23-9-5-3-7-19(23)20-8-4-6-10-24(20)27/h2*1-22H;1-20H;1-2,5-18H;3-16H,1-2H3. The highest BCUT2D eigenvalue weighted by Gasteiger charge is 2.54. The minimum atomic E-state index is -0.391. The predicted molar refractivity (Wildman–Crippen MR) is 612 cm³/mol. The van der Waals surface area contributed by atoms with Crippen LogP contribution in [0.3, 0.4) is 0 Å². The average Bonchev–Trinajstić information content (AvgIpc) is 1.51. The fraction of sp³-hybridized carbons (Fsp3) is 0.0276. The van der Waals surface area contributed by atoms with Crippen molar-refractivity contribution in [2.45, 2.75) is 24.7 Å². The summed E-state index contributed by atoms with van der Waals surface area (Å²) in [6.45, 7) is 4.41. The first-order valence-electron chi connectivity index (χ1n) is 50.0. The zero-order valence-electron chi connectivity index (χ0n) is 81.2. The lowest BCUT2D eigenvalue weighted by Gasteiger charge is -2.30. The third kappa shape index (κ3) is 16.4. The van der Waals surface area contributed by atoms with Crippen LogP contribution >= 0.6 is 0 Å². The largest absolute Gasteiger partial charge is 0.289 e. The second kappa shape index (κ2) is 40.0. The molecule has 22 aromatic carbocycles. The van der Waals surface area contributed by atoms with Crippen LogP contribution in [0.2, 0.25) is 0 Å². The Labute approximate surface area is 856 Å². The van der Waals surface area contributed by atoms with Crippen LogP contribution < -0.4 is 0 Å². The van der Waals surface area contributed by atoms with Crippen molar-refractivity contribution in [3.63, 3.8) is 0 Å². The van der Waals surface area contributed by atoms with Crippen molar-refractivity contribution in [2.24, 2.45) is 0 Å². The molecule has 0 bridgehead atoms. The molecule has 686 valence electrons. The number of hydrogen-bond donors (Lipinski definition) is 0. The lowest BCUT2D eigenvalue weighted by atomic mass is 9.70. The van der Waals surface area contributed by atoms with Gasteiger partial charge in [0.05, 0.1) is 10.8 Å². The van der Waals surface area contributed by atoms with Gasteiger partial charge in [-0.15, -0.1) is 12.8 Å². The Morgan fingerprint density at radius 2 is 0.329 bits per heavy atom. The highest BCUT2D eigenvalue weighted by Crippen LogP contribution is 2.66. The van der Waals surface area contributed by atoms with Gasteiger partial charge >= 0.3 is 0 Å². The maximum absolute atomic E-state index is 14.0. The SMILES string of the molecule is C#Cc1ccc2c(c1)C1(c3ccccc3-c3ccccc31)c1cc(C#C)ccc1-2.Cc1ccc2c(c1)C1(c3ccccc3-c3ccccc31)c1cc(C)ccc1-2.O=C1C(c2ccccc2)=C(c2ccccc2)C(c2ccccc2)=C1c1ccccc1.c1ccc(-c2ccc(-c3ccccc3)c(-c3ccccc3)c2-c2ccccc2)cc1.c1ccc(-c2ccc(-c3ccccc3)c(-c3ccccc3)c2-c2ccccc2)cc1. The third-order valence-corrected chi connectivity index (χ3v) is 29.3. The molecule has 0 unspecified atom stereocenters. The zero-order chi connectivity index (χ0) is 98.4. The number of carbonyl (C=O) groups excluding carboxylic acids is 1. The molecule has 2 spiro atoms. The number of terminal acetylenes is 2. The van der Waals surface area contributed by atoms with Gasteiger partial charge in [0.25, 0.3) is 0 Å². The summed E-state index contributed by atoms with van der Waals surface area (Å²) in [4.78, 5) is 14.0. The van der Waals surface area contributed by atoms with Crippen molar-refractivity contribution in [3.05, 3.63) is 647 Å². The van der Waals surface area contributed by atoms with Crippen LogP contribution in [0, 0.1) is 38.5 Å². The third-order valence-electron chi connectivity index (χ3n) is 29.3. The van der Waals surface area contributed by atoms with Gasteiger partial charge in [-0.1, -0.05) is 557 Å². The molecule has 0 saturated carbocycles. The molecule has 0 heterocycles. The van der Waals surface area contributed by atoms with E-state index in [0.717, 1.165) is 55.7 Å². The zero-order valence-corrected chi connectivity index (χ0v) is 81.2. The summed E-state index contributed by atoms with van der Waals surface area (Å²) in [6, 6.07) is 197. The van der Waals surface area contributed by atoms with Crippen LogP contribution in [-0.2, 0) is 15.6 Å². The van der Waals surface area contributed by atoms with E-state index in [1.807, 2.05) is 109 Å². The molecule has 27 rings (SSSR count). The molecule has 146 heavy (non-hydrogen) atoms. The number of Topliss-reactive ketones (excluding diaryl/α,β-unsaturated/α-hetero) is 1. The van der Waals surface area contributed by atoms with Crippen LogP contribution in [0.1, 0.15) is 89.0 Å². The molecule has 1 nitrogen and oxygen atoms in total. The Kier molecular flexibility index (Phi) is 24.9. The first-order chi connectivity index (χ1) is 72.2. The number of hydrogen-bond acceptors (Lipinski definition) is 1. The molecule has 0 fully saturated rings. The normalized spacial score (nSPS) is 12.6. The van der Waals surface area contributed by atoms with E-state index in [2.05, 4.69) is 475 Å². The Balaban J connectivity index is 0.000000101. The maximum Gasteiger partial charge on any atom is 0.195 e. The minimum absolute atomic E-state index is 0.0742. The van der Waals surface area contributed by atoms with Gasteiger partial charge < -0.3 is 0 Å². The Morgan fingerprint density at radius 1 is 0.158 bits per heavy atom. The summed E-state index contributed by atoms with van der Waals surface area (Å²) in [5, 5.41) is 0. The Morgan fingerprint density at radius 3 is 0.555 bits per heavy atom. The molecule has 0 N–H and O–H groups in total. The van der Waals surface area contributed by atoms with Gasteiger partial charge in [-0.05, 0) is 238 Å². The minimum Gasteiger partial charge on any atom is -0.289 e. The number of aryl methyl sites for hydroxylation is 2. The van der Waals surface area contributed by atoms with E-state index in [1.54, 1.807) is 0 Å². The molecule has 22 aromatic rings. The topological polar surface area (TPSA) is 17.1 Å². The van der Waals surface area contributed by atoms with Gasteiger partial charge in [-0.25, -0.2) is 0 Å². The highest BCUT2D eigenvalue weighted by atomic mass is 16.1. The van der Waals surface area contributed by atoms with Gasteiger partial charge in [0.2, 0.25) is 0 Å². The summed E-state index contributed by atoms with van der Waals surface area (Å²) in [5.41, 5.74) is 52.6. The van der Waals surface area contributed by atoms with Gasteiger partial charge in [0.1, 0.15) is 0 Å². The van der Waals surface area contributed by atoms with Gasteiger partial charge in [0.15, 0.2) is 5.78 Å². The molecule has 5 aliphatic carbocycles. The van der Waals surface area contributed by atoms with Gasteiger partial charge in [0, 0.05) is 33.4 Å². The summed E-state index contributed by atoms with van der Waals surface area (Å²) in [6.07, 6.45) is 11.6. The maximum atomic E-state index is 14.0. The molecular formula is C145H100O. The lowest BCUT2D eigenvalue weighted by Crippen LogP contribution is -2.26. The summed E-state index contributed by atoms with van der Waals surface area (Å²) in [7, 11) is 0. The lowest BCUT2D eigenvalue weighted by molar-refractivity contribution is -0.108. The van der Waals surface area contributed by atoms with E-state index in [4.69, 9.17) is 12.8 Å². The van der Waals surface area contributed by atoms with Crippen molar-refractivity contribution >= 4 is 28.1 Å². The van der Waals surface area contributed by atoms with E-state index in [0.29, 0.717) is 0 Å². The second-order valence-electron chi connectivity index (χ2n) is 37.6. The average molecular weight is 1860 g/mol. The number of ketones is 1. The molecule has 0 amide bonds. The van der Waals surface area contributed by atoms with E-state index in [9.17, 15) is 4.79 Å². The van der Waals surface area contributed by atoms with Gasteiger partial charge in [-0.2, -0.15) is 0 Å². The summed E-state index contributed by atoms with van der Waals surface area (Å²) < 4.78 is 0. The molecule has 5 aliphatic rings. The summed E-state index contributed by atoms with van der Waals surface area (Å²) in [5.74, 6) is 5.73. The fourth-order valence-corrected chi connectivity index (χ4v) is 23.1. The van der Waals surface area contributed by atoms with Crippen LogP contribution in [0.15, 0.2) is 558 Å². The van der Waals surface area contributed by atoms with Crippen molar-refractivity contribution < 1.29 is 4.79 Å². The smallest absolute Gasteiger partial charge is 0.195 e. The molecule has 0 saturated heterocycles. The molecule has 1 heteroatoms. The Bertz CT molecular complexity index is 8080. The van der Waals surface area contributed by atoms with E-state index < -0.39 is 5.41 Å². The van der Waals surface area contributed by atoms with Crippen molar-refractivity contribution in [1.29, 1.82) is 0 Å². The Hall–Kier alpha value is -18.9. The van der Waals surface area contributed by atoms with Crippen LogP contribution in [0.5, 0.6) is 0 Å². The predicted octanol–water partition coefficient (Wildman–Crippen LogP) is 36.1. The van der Waals surface area contributed by atoms with E-state index in [1.165, 1.54) is 189 Å². The molecular weight excluding hydrogens is 1760 g/mol. The molecule has 0 radical (unpaired) electrons. The number of allylic oxidation sites excluding steroid dienone is 4. The van der Waals surface area contributed by atoms with Crippen LogP contribution in [0.25, 0.3) is 156 Å². The number of fused-ring (bicyclic) bond motifs is 20. The van der Waals surface area contributed by atoms with E-state index >= 15 is 0 Å². The molecule has 0 aliphatic heterocycles. The van der Waals surface area contributed by atoms with Crippen molar-refractivity contribution in [1.82, 2.24) is 0 Å². The quantitative estimate of drug-likeness (QED) is 0.111.